The van der Waals surface area contributed by atoms with Crippen LogP contribution < -0.4 is 4.74 Å². The monoisotopic (exact) mass is 393 g/mol. The molecule has 1 fully saturated rings. The topological polar surface area (TPSA) is 49.8 Å². The number of halogens is 2. The van der Waals surface area contributed by atoms with Crippen molar-refractivity contribution in [2.75, 3.05) is 20.2 Å². The molecule has 4 nitrogen and oxygen atoms in total. The van der Waals surface area contributed by atoms with Crippen LogP contribution in [0.3, 0.4) is 0 Å². The Morgan fingerprint density at radius 3 is 2.85 bits per heavy atom. The second kappa shape index (κ2) is 8.30. The van der Waals surface area contributed by atoms with Gasteiger partial charge in [-0.05, 0) is 49.2 Å². The van der Waals surface area contributed by atoms with E-state index in [9.17, 15) is 9.90 Å². The van der Waals surface area contributed by atoms with Crippen molar-refractivity contribution >= 4 is 29.0 Å². The zero-order valence-electron chi connectivity index (χ0n) is 14.5. The fraction of sp³-hybridized carbons (Fsp3) is 0.350. The van der Waals surface area contributed by atoms with Gasteiger partial charge in [0.15, 0.2) is 17.3 Å². The predicted octanol–water partition coefficient (Wildman–Crippen LogP) is 4.80. The highest BCUT2D eigenvalue weighted by atomic mass is 35.5. The molecule has 26 heavy (non-hydrogen) atoms. The molecule has 1 atom stereocenters. The minimum absolute atomic E-state index is 0.0447. The Hall–Kier alpha value is -1.75. The minimum atomic E-state index is -0.0504. The van der Waals surface area contributed by atoms with Crippen molar-refractivity contribution in [3.8, 4) is 11.5 Å². The Morgan fingerprint density at radius 1 is 1.31 bits per heavy atom. The van der Waals surface area contributed by atoms with Crippen molar-refractivity contribution in [1.29, 1.82) is 0 Å². The standard InChI is InChI=1S/C20H21Cl2NO3/c1-26-18-9-13(8-17(22)20(18)25)11-23-7-3-5-15(12-23)19(24)14-4-2-6-16(21)10-14/h2,4,6,8-10,15,25H,3,5,7,11-12H2,1H3. The van der Waals surface area contributed by atoms with Crippen LogP contribution >= 0.6 is 23.2 Å². The third kappa shape index (κ3) is 4.32. The number of methoxy groups -OCH3 is 1. The Morgan fingerprint density at radius 2 is 2.12 bits per heavy atom. The lowest BCUT2D eigenvalue weighted by molar-refractivity contribution is 0.0811. The van der Waals surface area contributed by atoms with Gasteiger partial charge >= 0.3 is 0 Å². The summed E-state index contributed by atoms with van der Waals surface area (Å²) in [5.41, 5.74) is 1.61. The molecule has 1 aliphatic rings. The molecule has 0 bridgehead atoms. The predicted molar refractivity (Wildman–Crippen MR) is 103 cm³/mol. The van der Waals surface area contributed by atoms with Crippen LogP contribution in [0.4, 0.5) is 0 Å². The molecule has 2 aromatic carbocycles. The maximum absolute atomic E-state index is 12.8. The smallest absolute Gasteiger partial charge is 0.176 e. The van der Waals surface area contributed by atoms with Gasteiger partial charge in [0.25, 0.3) is 0 Å². The summed E-state index contributed by atoms with van der Waals surface area (Å²) in [7, 11) is 1.50. The molecule has 0 aliphatic carbocycles. The van der Waals surface area contributed by atoms with E-state index in [-0.39, 0.29) is 22.5 Å². The van der Waals surface area contributed by atoms with Crippen molar-refractivity contribution < 1.29 is 14.6 Å². The lowest BCUT2D eigenvalue weighted by Crippen LogP contribution is -2.38. The molecule has 0 radical (unpaired) electrons. The highest BCUT2D eigenvalue weighted by Gasteiger charge is 2.27. The molecule has 138 valence electrons. The number of hydrogen-bond acceptors (Lipinski definition) is 4. The number of phenols is 1. The lowest BCUT2D eigenvalue weighted by atomic mass is 9.90. The van der Waals surface area contributed by atoms with Crippen LogP contribution in [-0.2, 0) is 6.54 Å². The van der Waals surface area contributed by atoms with Crippen molar-refractivity contribution in [2.24, 2.45) is 5.92 Å². The molecule has 1 saturated heterocycles. The van der Waals surface area contributed by atoms with E-state index >= 15 is 0 Å². The zero-order chi connectivity index (χ0) is 18.7. The number of phenolic OH excluding ortho intramolecular Hbond substituents is 1. The van der Waals surface area contributed by atoms with Crippen LogP contribution in [0.5, 0.6) is 11.5 Å². The summed E-state index contributed by atoms with van der Waals surface area (Å²) >= 11 is 12.1. The molecule has 0 saturated carbocycles. The van der Waals surface area contributed by atoms with Crippen LogP contribution in [-0.4, -0.2) is 36.0 Å². The van der Waals surface area contributed by atoms with Crippen molar-refractivity contribution in [2.45, 2.75) is 19.4 Å². The fourth-order valence-corrected chi connectivity index (χ4v) is 3.85. The van der Waals surface area contributed by atoms with Gasteiger partial charge in [-0.1, -0.05) is 35.3 Å². The Balaban J connectivity index is 1.71. The Bertz CT molecular complexity index is 810. The minimum Gasteiger partial charge on any atom is -0.503 e. The highest BCUT2D eigenvalue weighted by Crippen LogP contribution is 2.35. The second-order valence-corrected chi connectivity index (χ2v) is 7.42. The van der Waals surface area contributed by atoms with Crippen LogP contribution in [0, 0.1) is 5.92 Å². The number of benzene rings is 2. The summed E-state index contributed by atoms with van der Waals surface area (Å²) in [4.78, 5) is 15.0. The lowest BCUT2D eigenvalue weighted by Gasteiger charge is -2.32. The van der Waals surface area contributed by atoms with E-state index in [2.05, 4.69) is 4.90 Å². The first-order valence-electron chi connectivity index (χ1n) is 8.55. The molecule has 3 rings (SSSR count). The molecular formula is C20H21Cl2NO3. The Kier molecular flexibility index (Phi) is 6.07. The second-order valence-electron chi connectivity index (χ2n) is 6.58. The first-order chi connectivity index (χ1) is 12.5. The average Bonchev–Trinajstić information content (AvgIpc) is 2.64. The summed E-state index contributed by atoms with van der Waals surface area (Å²) in [6.07, 6.45) is 1.83. The number of ether oxygens (including phenoxy) is 1. The van der Waals surface area contributed by atoms with Gasteiger partial charge in [0.1, 0.15) is 0 Å². The molecule has 1 unspecified atom stereocenters. The zero-order valence-corrected chi connectivity index (χ0v) is 16.1. The normalized spacial score (nSPS) is 17.9. The van der Waals surface area contributed by atoms with E-state index in [4.69, 9.17) is 27.9 Å². The molecule has 6 heteroatoms. The molecule has 1 N–H and O–H groups in total. The van der Waals surface area contributed by atoms with Gasteiger partial charge in [-0.25, -0.2) is 0 Å². The number of piperidine rings is 1. The summed E-state index contributed by atoms with van der Waals surface area (Å²) in [6.45, 7) is 2.25. The van der Waals surface area contributed by atoms with E-state index in [1.165, 1.54) is 7.11 Å². The summed E-state index contributed by atoms with van der Waals surface area (Å²) in [5, 5.41) is 10.7. The molecule has 0 spiro atoms. The highest BCUT2D eigenvalue weighted by molar-refractivity contribution is 6.32. The maximum atomic E-state index is 12.8. The average molecular weight is 394 g/mol. The summed E-state index contributed by atoms with van der Waals surface area (Å²) in [5.74, 6) is 0.400. The van der Waals surface area contributed by atoms with E-state index in [0.29, 0.717) is 29.4 Å². The van der Waals surface area contributed by atoms with Gasteiger partial charge in [-0.2, -0.15) is 0 Å². The van der Waals surface area contributed by atoms with E-state index < -0.39 is 0 Å². The van der Waals surface area contributed by atoms with Crippen molar-refractivity contribution in [1.82, 2.24) is 4.90 Å². The van der Waals surface area contributed by atoms with Gasteiger partial charge in [-0.15, -0.1) is 0 Å². The number of rotatable bonds is 5. The molecule has 0 amide bonds. The molecule has 1 aliphatic heterocycles. The van der Waals surface area contributed by atoms with Crippen LogP contribution in [0.15, 0.2) is 36.4 Å². The van der Waals surface area contributed by atoms with Gasteiger partial charge in [0.2, 0.25) is 0 Å². The van der Waals surface area contributed by atoms with Crippen LogP contribution in [0.25, 0.3) is 0 Å². The Labute approximate surface area is 163 Å². The van der Waals surface area contributed by atoms with Crippen molar-refractivity contribution in [3.63, 3.8) is 0 Å². The number of carbonyl (C=O) groups is 1. The summed E-state index contributed by atoms with van der Waals surface area (Å²) in [6, 6.07) is 10.6. The van der Waals surface area contributed by atoms with Crippen LogP contribution in [0.2, 0.25) is 10.0 Å². The van der Waals surface area contributed by atoms with Gasteiger partial charge < -0.3 is 9.84 Å². The van der Waals surface area contributed by atoms with Crippen LogP contribution in [0.1, 0.15) is 28.8 Å². The number of hydrogen-bond donors (Lipinski definition) is 1. The third-order valence-corrected chi connectivity index (χ3v) is 5.22. The first kappa shape index (κ1) is 19.0. The summed E-state index contributed by atoms with van der Waals surface area (Å²) < 4.78 is 5.16. The van der Waals surface area contributed by atoms with E-state index in [1.807, 2.05) is 6.07 Å². The number of Topliss-reactive ketones (excluding diaryl/α,β-unsaturated/α-hetero) is 1. The molecule has 1 heterocycles. The van der Waals surface area contributed by atoms with Gasteiger partial charge in [-0.3, -0.25) is 9.69 Å². The number of aromatic hydroxyl groups is 1. The SMILES string of the molecule is COc1cc(CN2CCCC(C(=O)c3cccc(Cl)c3)C2)cc(Cl)c1O. The largest absolute Gasteiger partial charge is 0.503 e. The fourth-order valence-electron chi connectivity index (χ4n) is 3.42. The third-order valence-electron chi connectivity index (χ3n) is 4.70. The number of likely N-dealkylation sites (tertiary alicyclic amines) is 1. The molecular weight excluding hydrogens is 373 g/mol. The maximum Gasteiger partial charge on any atom is 0.176 e. The molecule has 0 aromatic heterocycles. The number of carbonyl (C=O) groups excluding carboxylic acids is 1. The first-order valence-corrected chi connectivity index (χ1v) is 9.31. The molecule has 2 aromatic rings. The van der Waals surface area contributed by atoms with E-state index in [0.717, 1.165) is 24.9 Å². The van der Waals surface area contributed by atoms with E-state index in [1.54, 1.807) is 30.3 Å². The van der Waals surface area contributed by atoms with Gasteiger partial charge in [0, 0.05) is 29.6 Å². The van der Waals surface area contributed by atoms with Crippen molar-refractivity contribution in [3.05, 3.63) is 57.6 Å². The number of ketones is 1. The number of nitrogens with zero attached hydrogens (tertiary/aromatic N) is 1. The quantitative estimate of drug-likeness (QED) is 0.740. The van der Waals surface area contributed by atoms with Gasteiger partial charge in [0.05, 0.1) is 12.1 Å².